The smallest absolute Gasteiger partial charge is 0.305 e. The summed E-state index contributed by atoms with van der Waals surface area (Å²) in [5, 5.41) is 10.4. The number of hydrogen-bond acceptors (Lipinski definition) is 5. The third-order valence-electron chi connectivity index (χ3n) is 2.14. The van der Waals surface area contributed by atoms with Crippen LogP contribution in [0.25, 0.3) is 0 Å². The number of nitrogens with zero attached hydrogens (tertiary/aromatic N) is 1. The molecule has 0 bridgehead atoms. The number of carbonyl (C=O) groups excluding carboxylic acids is 1. The van der Waals surface area contributed by atoms with Gasteiger partial charge in [-0.15, -0.1) is 0 Å². The van der Waals surface area contributed by atoms with Gasteiger partial charge in [-0.2, -0.15) is 4.39 Å². The third kappa shape index (κ3) is 4.00. The fraction of sp³-hybridized carbons (Fsp3) is 0.364. The zero-order chi connectivity index (χ0) is 13.5. The normalized spacial score (nSPS) is 9.89. The van der Waals surface area contributed by atoms with Crippen molar-refractivity contribution in [3.8, 4) is 5.75 Å². The van der Waals surface area contributed by atoms with Gasteiger partial charge in [0.2, 0.25) is 5.82 Å². The molecule has 18 heavy (non-hydrogen) atoms. The highest BCUT2D eigenvalue weighted by Gasteiger charge is 2.14. The van der Waals surface area contributed by atoms with Crippen molar-refractivity contribution in [3.63, 3.8) is 0 Å². The van der Waals surface area contributed by atoms with Crippen LogP contribution in [0.3, 0.4) is 0 Å². The summed E-state index contributed by atoms with van der Waals surface area (Å²) in [6.07, 6.45) is 0.622. The molecule has 0 aliphatic carbocycles. The lowest BCUT2D eigenvalue weighted by Crippen LogP contribution is -2.04. The van der Waals surface area contributed by atoms with E-state index in [1.165, 1.54) is 13.2 Å². The van der Waals surface area contributed by atoms with Crippen molar-refractivity contribution in [2.45, 2.75) is 12.8 Å². The Balaban J connectivity index is 2.46. The minimum atomic E-state index is -0.953. The number of benzene rings is 1. The maximum Gasteiger partial charge on any atom is 0.305 e. The van der Waals surface area contributed by atoms with E-state index < -0.39 is 16.4 Å². The monoisotopic (exact) mass is 257 g/mol. The van der Waals surface area contributed by atoms with Gasteiger partial charge in [-0.3, -0.25) is 14.9 Å². The first kappa shape index (κ1) is 13.9. The first-order valence-corrected chi connectivity index (χ1v) is 5.18. The molecular weight excluding hydrogens is 245 g/mol. The highest BCUT2D eigenvalue weighted by atomic mass is 19.1. The standard InChI is InChI=1S/C11H12FNO5/c1-17-11(14)3-2-6-18-8-4-5-10(13(15)16)9(12)7-8/h4-5,7H,2-3,6H2,1H3. The van der Waals surface area contributed by atoms with Crippen molar-refractivity contribution in [2.75, 3.05) is 13.7 Å². The van der Waals surface area contributed by atoms with Gasteiger partial charge in [0, 0.05) is 18.6 Å². The second-order valence-electron chi connectivity index (χ2n) is 3.40. The van der Waals surface area contributed by atoms with E-state index in [1.807, 2.05) is 0 Å². The number of halogens is 1. The topological polar surface area (TPSA) is 78.7 Å². The second kappa shape index (κ2) is 6.53. The zero-order valence-corrected chi connectivity index (χ0v) is 9.72. The lowest BCUT2D eigenvalue weighted by atomic mass is 10.3. The number of hydrogen-bond donors (Lipinski definition) is 0. The van der Waals surface area contributed by atoms with Crippen LogP contribution in [-0.4, -0.2) is 24.6 Å². The van der Waals surface area contributed by atoms with Crippen LogP contribution in [0.5, 0.6) is 5.75 Å². The number of rotatable bonds is 6. The Bertz CT molecular complexity index is 449. The molecule has 6 nitrogen and oxygen atoms in total. The Morgan fingerprint density at radius 3 is 2.78 bits per heavy atom. The fourth-order valence-electron chi connectivity index (χ4n) is 1.23. The number of nitro benzene ring substituents is 1. The maximum absolute atomic E-state index is 13.2. The first-order valence-electron chi connectivity index (χ1n) is 5.18. The summed E-state index contributed by atoms with van der Waals surface area (Å²) in [5.74, 6) is -1.12. The molecule has 1 aromatic carbocycles. The molecule has 0 saturated heterocycles. The summed E-state index contributed by atoms with van der Waals surface area (Å²) in [5.41, 5.74) is -0.600. The van der Waals surface area contributed by atoms with Gasteiger partial charge >= 0.3 is 11.7 Å². The van der Waals surface area contributed by atoms with Gasteiger partial charge in [0.15, 0.2) is 0 Å². The average Bonchev–Trinajstić information content (AvgIpc) is 2.34. The lowest BCUT2D eigenvalue weighted by molar-refractivity contribution is -0.387. The second-order valence-corrected chi connectivity index (χ2v) is 3.40. The van der Waals surface area contributed by atoms with Crippen LogP contribution in [0.1, 0.15) is 12.8 Å². The van der Waals surface area contributed by atoms with Crippen LogP contribution in [0.2, 0.25) is 0 Å². The van der Waals surface area contributed by atoms with E-state index >= 15 is 0 Å². The van der Waals surface area contributed by atoms with Crippen molar-refractivity contribution in [2.24, 2.45) is 0 Å². The number of esters is 1. The van der Waals surface area contributed by atoms with E-state index in [0.717, 1.165) is 12.1 Å². The number of ether oxygens (including phenoxy) is 2. The van der Waals surface area contributed by atoms with Gasteiger partial charge in [-0.05, 0) is 12.5 Å². The third-order valence-corrected chi connectivity index (χ3v) is 2.14. The van der Waals surface area contributed by atoms with E-state index in [0.29, 0.717) is 6.42 Å². The molecule has 98 valence electrons. The molecule has 0 saturated carbocycles. The van der Waals surface area contributed by atoms with Crippen LogP contribution >= 0.6 is 0 Å². The summed E-state index contributed by atoms with van der Waals surface area (Å²) in [4.78, 5) is 20.3. The number of carbonyl (C=O) groups is 1. The Morgan fingerprint density at radius 1 is 1.50 bits per heavy atom. The summed E-state index contributed by atoms with van der Waals surface area (Å²) in [6, 6.07) is 3.28. The molecule has 0 aliphatic rings. The van der Waals surface area contributed by atoms with Gasteiger partial charge in [-0.25, -0.2) is 0 Å². The highest BCUT2D eigenvalue weighted by Crippen LogP contribution is 2.22. The van der Waals surface area contributed by atoms with Crippen LogP contribution in [0.15, 0.2) is 18.2 Å². The van der Waals surface area contributed by atoms with E-state index in [9.17, 15) is 19.3 Å². The zero-order valence-electron chi connectivity index (χ0n) is 9.72. The molecule has 1 aromatic rings. The van der Waals surface area contributed by atoms with Gasteiger partial charge in [-0.1, -0.05) is 0 Å². The molecule has 1 rings (SSSR count). The van der Waals surface area contributed by atoms with E-state index in [4.69, 9.17) is 4.74 Å². The van der Waals surface area contributed by atoms with Gasteiger partial charge in [0.25, 0.3) is 0 Å². The summed E-state index contributed by atoms with van der Waals surface area (Å²) in [6.45, 7) is 0.201. The Labute approximate surface area is 102 Å². The molecule has 0 aromatic heterocycles. The molecule has 0 unspecified atom stereocenters. The fourth-order valence-corrected chi connectivity index (χ4v) is 1.23. The Hall–Kier alpha value is -2.18. The summed E-state index contributed by atoms with van der Waals surface area (Å²) >= 11 is 0. The average molecular weight is 257 g/mol. The molecule has 0 aliphatic heterocycles. The molecule has 0 heterocycles. The van der Waals surface area contributed by atoms with Crippen molar-refractivity contribution in [1.29, 1.82) is 0 Å². The SMILES string of the molecule is COC(=O)CCCOc1ccc([N+](=O)[O-])c(F)c1. The number of methoxy groups -OCH3 is 1. The van der Waals surface area contributed by atoms with Crippen LogP contribution < -0.4 is 4.74 Å². The molecule has 0 atom stereocenters. The lowest BCUT2D eigenvalue weighted by Gasteiger charge is -2.05. The van der Waals surface area contributed by atoms with E-state index in [-0.39, 0.29) is 24.7 Å². The predicted octanol–water partition coefficient (Wildman–Crippen LogP) is 2.07. The predicted molar refractivity (Wildman–Crippen MR) is 59.8 cm³/mol. The minimum absolute atomic E-state index is 0.183. The Kier molecular flexibility index (Phi) is 5.04. The van der Waals surface area contributed by atoms with Gasteiger partial charge in [0.1, 0.15) is 5.75 Å². The molecule has 0 spiro atoms. The van der Waals surface area contributed by atoms with Gasteiger partial charge < -0.3 is 9.47 Å². The highest BCUT2D eigenvalue weighted by molar-refractivity contribution is 5.69. The minimum Gasteiger partial charge on any atom is -0.493 e. The number of nitro groups is 1. The molecule has 0 fully saturated rings. The quantitative estimate of drug-likeness (QED) is 0.337. The molecule has 0 radical (unpaired) electrons. The molecule has 0 N–H and O–H groups in total. The molecule has 0 amide bonds. The van der Waals surface area contributed by atoms with Crippen molar-refractivity contribution in [3.05, 3.63) is 34.1 Å². The van der Waals surface area contributed by atoms with Crippen LogP contribution in [-0.2, 0) is 9.53 Å². The van der Waals surface area contributed by atoms with E-state index in [2.05, 4.69) is 4.74 Å². The van der Waals surface area contributed by atoms with Crippen LogP contribution in [0.4, 0.5) is 10.1 Å². The van der Waals surface area contributed by atoms with Crippen LogP contribution in [0, 0.1) is 15.9 Å². The maximum atomic E-state index is 13.2. The van der Waals surface area contributed by atoms with Gasteiger partial charge in [0.05, 0.1) is 18.6 Å². The molecule has 7 heteroatoms. The van der Waals surface area contributed by atoms with Crippen molar-refractivity contribution < 1.29 is 23.6 Å². The first-order chi connectivity index (χ1) is 8.54. The van der Waals surface area contributed by atoms with Crippen molar-refractivity contribution >= 4 is 11.7 Å². The summed E-state index contributed by atoms with van der Waals surface area (Å²) < 4.78 is 22.8. The molecular formula is C11H12FNO5. The summed E-state index contributed by atoms with van der Waals surface area (Å²) in [7, 11) is 1.29. The van der Waals surface area contributed by atoms with Crippen molar-refractivity contribution in [1.82, 2.24) is 0 Å². The largest absolute Gasteiger partial charge is 0.493 e. The van der Waals surface area contributed by atoms with E-state index in [1.54, 1.807) is 0 Å². The Morgan fingerprint density at radius 2 is 2.22 bits per heavy atom.